The highest BCUT2D eigenvalue weighted by Crippen LogP contribution is 2.20. The summed E-state index contributed by atoms with van der Waals surface area (Å²) in [7, 11) is 0. The molecule has 3 aromatic rings. The number of aromatic nitrogens is 2. The topological polar surface area (TPSA) is 78.1 Å². The molecular formula is C15H15N3O2. The molecule has 0 bridgehead atoms. The fourth-order valence-corrected chi connectivity index (χ4v) is 1.98. The lowest BCUT2D eigenvalue weighted by Gasteiger charge is -2.06. The molecule has 1 aromatic carbocycles. The quantitative estimate of drug-likeness (QED) is 0.770. The van der Waals surface area contributed by atoms with Gasteiger partial charge in [-0.2, -0.15) is 4.98 Å². The predicted molar refractivity (Wildman–Crippen MR) is 73.7 cm³/mol. The zero-order chi connectivity index (χ0) is 13.8. The van der Waals surface area contributed by atoms with E-state index in [0.717, 1.165) is 12.8 Å². The first-order valence-electron chi connectivity index (χ1n) is 6.50. The van der Waals surface area contributed by atoms with Crippen LogP contribution in [0.25, 0.3) is 11.6 Å². The standard InChI is InChI=1S/C15H15N3O2/c16-12(9-8-11-5-2-1-3-6-11)15-17-14(18-20-15)13-7-4-10-19-13/h1-7,10,12H,8-9,16H2/t12-/m0/s1. The molecule has 0 aliphatic heterocycles. The Morgan fingerprint density at radius 1 is 1.10 bits per heavy atom. The number of hydrogen-bond acceptors (Lipinski definition) is 5. The molecule has 0 unspecified atom stereocenters. The zero-order valence-electron chi connectivity index (χ0n) is 10.9. The third kappa shape index (κ3) is 2.78. The Labute approximate surface area is 116 Å². The summed E-state index contributed by atoms with van der Waals surface area (Å²) in [6.07, 6.45) is 3.20. The van der Waals surface area contributed by atoms with Crippen LogP contribution < -0.4 is 5.73 Å². The maximum atomic E-state index is 6.08. The molecule has 20 heavy (non-hydrogen) atoms. The molecule has 3 rings (SSSR count). The minimum atomic E-state index is -0.272. The number of furan rings is 1. The maximum absolute atomic E-state index is 6.08. The van der Waals surface area contributed by atoms with Crippen molar-refractivity contribution in [3.63, 3.8) is 0 Å². The first kappa shape index (κ1) is 12.6. The summed E-state index contributed by atoms with van der Waals surface area (Å²) in [5, 5.41) is 3.87. The van der Waals surface area contributed by atoms with Gasteiger partial charge in [-0.15, -0.1) is 0 Å². The lowest BCUT2D eigenvalue weighted by atomic mass is 10.1. The van der Waals surface area contributed by atoms with Gasteiger partial charge in [0.05, 0.1) is 12.3 Å². The summed E-state index contributed by atoms with van der Waals surface area (Å²) in [5.74, 6) is 1.45. The summed E-state index contributed by atoms with van der Waals surface area (Å²) in [6, 6.07) is 13.5. The molecule has 0 aliphatic carbocycles. The van der Waals surface area contributed by atoms with Crippen LogP contribution in [-0.4, -0.2) is 10.1 Å². The molecule has 0 amide bonds. The average molecular weight is 269 g/mol. The lowest BCUT2D eigenvalue weighted by molar-refractivity contribution is 0.348. The monoisotopic (exact) mass is 269 g/mol. The van der Waals surface area contributed by atoms with Crippen molar-refractivity contribution in [2.45, 2.75) is 18.9 Å². The van der Waals surface area contributed by atoms with Crippen molar-refractivity contribution in [2.75, 3.05) is 0 Å². The molecule has 102 valence electrons. The van der Waals surface area contributed by atoms with E-state index < -0.39 is 0 Å². The molecule has 5 nitrogen and oxygen atoms in total. The van der Waals surface area contributed by atoms with Gasteiger partial charge in [0.25, 0.3) is 0 Å². The van der Waals surface area contributed by atoms with E-state index in [1.54, 1.807) is 18.4 Å². The maximum Gasteiger partial charge on any atom is 0.243 e. The van der Waals surface area contributed by atoms with E-state index in [4.69, 9.17) is 14.7 Å². The van der Waals surface area contributed by atoms with Gasteiger partial charge in [0.2, 0.25) is 11.7 Å². The second-order valence-corrected chi connectivity index (χ2v) is 4.56. The van der Waals surface area contributed by atoms with Gasteiger partial charge >= 0.3 is 0 Å². The average Bonchev–Trinajstić information content (AvgIpc) is 3.16. The first-order chi connectivity index (χ1) is 9.83. The molecule has 1 atom stereocenters. The summed E-state index contributed by atoms with van der Waals surface area (Å²) in [4.78, 5) is 4.27. The minimum absolute atomic E-state index is 0.272. The SMILES string of the molecule is N[C@@H](CCc1ccccc1)c1nc(-c2ccco2)no1. The third-order valence-corrected chi connectivity index (χ3v) is 3.09. The molecule has 2 N–H and O–H groups in total. The summed E-state index contributed by atoms with van der Waals surface area (Å²) < 4.78 is 10.4. The summed E-state index contributed by atoms with van der Waals surface area (Å²) in [5.41, 5.74) is 7.33. The number of hydrogen-bond donors (Lipinski definition) is 1. The van der Waals surface area contributed by atoms with Crippen LogP contribution in [0.4, 0.5) is 0 Å². The van der Waals surface area contributed by atoms with Crippen molar-refractivity contribution in [1.82, 2.24) is 10.1 Å². The Kier molecular flexibility index (Phi) is 3.60. The van der Waals surface area contributed by atoms with Crippen molar-refractivity contribution in [3.05, 3.63) is 60.2 Å². The first-order valence-corrected chi connectivity index (χ1v) is 6.50. The third-order valence-electron chi connectivity index (χ3n) is 3.09. The predicted octanol–water partition coefficient (Wildman–Crippen LogP) is 2.96. The van der Waals surface area contributed by atoms with Gasteiger partial charge < -0.3 is 14.7 Å². The molecule has 0 saturated carbocycles. The Morgan fingerprint density at radius 2 is 1.95 bits per heavy atom. The van der Waals surface area contributed by atoms with E-state index >= 15 is 0 Å². The van der Waals surface area contributed by atoms with Gasteiger partial charge in [0.15, 0.2) is 5.76 Å². The fourth-order valence-electron chi connectivity index (χ4n) is 1.98. The van der Waals surface area contributed by atoms with E-state index in [9.17, 15) is 0 Å². The molecule has 2 heterocycles. The van der Waals surface area contributed by atoms with E-state index in [1.165, 1.54) is 5.56 Å². The van der Waals surface area contributed by atoms with Crippen LogP contribution in [0.2, 0.25) is 0 Å². The Hall–Kier alpha value is -2.40. The van der Waals surface area contributed by atoms with Crippen molar-refractivity contribution in [1.29, 1.82) is 0 Å². The van der Waals surface area contributed by atoms with Gasteiger partial charge in [0, 0.05) is 0 Å². The van der Waals surface area contributed by atoms with Gasteiger partial charge in [-0.3, -0.25) is 0 Å². The molecule has 0 spiro atoms. The molecule has 5 heteroatoms. The number of benzene rings is 1. The zero-order valence-corrected chi connectivity index (χ0v) is 10.9. The van der Waals surface area contributed by atoms with E-state index in [2.05, 4.69) is 22.3 Å². The number of nitrogens with two attached hydrogens (primary N) is 1. The summed E-state index contributed by atoms with van der Waals surface area (Å²) in [6.45, 7) is 0. The van der Waals surface area contributed by atoms with Crippen molar-refractivity contribution in [2.24, 2.45) is 5.73 Å². The minimum Gasteiger partial charge on any atom is -0.461 e. The van der Waals surface area contributed by atoms with Crippen LogP contribution in [0.3, 0.4) is 0 Å². The van der Waals surface area contributed by atoms with Crippen LogP contribution >= 0.6 is 0 Å². The highest BCUT2D eigenvalue weighted by molar-refractivity contribution is 5.44. The van der Waals surface area contributed by atoms with Crippen LogP contribution in [0.15, 0.2) is 57.7 Å². The normalized spacial score (nSPS) is 12.4. The van der Waals surface area contributed by atoms with E-state index in [-0.39, 0.29) is 6.04 Å². The van der Waals surface area contributed by atoms with Gasteiger partial charge in [-0.05, 0) is 30.5 Å². The highest BCUT2D eigenvalue weighted by Gasteiger charge is 2.16. The molecule has 0 radical (unpaired) electrons. The summed E-state index contributed by atoms with van der Waals surface area (Å²) >= 11 is 0. The second-order valence-electron chi connectivity index (χ2n) is 4.56. The van der Waals surface area contributed by atoms with E-state index in [0.29, 0.717) is 17.5 Å². The van der Waals surface area contributed by atoms with Crippen LogP contribution in [0.1, 0.15) is 23.9 Å². The molecule has 0 saturated heterocycles. The largest absolute Gasteiger partial charge is 0.461 e. The second kappa shape index (κ2) is 5.71. The highest BCUT2D eigenvalue weighted by atomic mass is 16.5. The van der Waals surface area contributed by atoms with Gasteiger partial charge in [-0.25, -0.2) is 0 Å². The lowest BCUT2D eigenvalue weighted by Crippen LogP contribution is -2.11. The molecular weight excluding hydrogens is 254 g/mol. The van der Waals surface area contributed by atoms with E-state index in [1.807, 2.05) is 18.2 Å². The Morgan fingerprint density at radius 3 is 2.70 bits per heavy atom. The van der Waals surface area contributed by atoms with Crippen LogP contribution in [0.5, 0.6) is 0 Å². The fraction of sp³-hybridized carbons (Fsp3) is 0.200. The van der Waals surface area contributed by atoms with Crippen LogP contribution in [-0.2, 0) is 6.42 Å². The number of aryl methyl sites for hydroxylation is 1. The smallest absolute Gasteiger partial charge is 0.243 e. The van der Waals surface area contributed by atoms with Crippen molar-refractivity contribution < 1.29 is 8.94 Å². The van der Waals surface area contributed by atoms with Crippen molar-refractivity contribution in [3.8, 4) is 11.6 Å². The molecule has 0 aliphatic rings. The van der Waals surface area contributed by atoms with Gasteiger partial charge in [0.1, 0.15) is 0 Å². The Bertz CT molecular complexity index is 647. The van der Waals surface area contributed by atoms with Crippen LogP contribution in [0, 0.1) is 0 Å². The number of rotatable bonds is 5. The molecule has 2 aromatic heterocycles. The Balaban J connectivity index is 1.64. The van der Waals surface area contributed by atoms with Gasteiger partial charge in [-0.1, -0.05) is 35.5 Å². The van der Waals surface area contributed by atoms with Crippen molar-refractivity contribution >= 4 is 0 Å². The molecule has 0 fully saturated rings. The number of nitrogens with zero attached hydrogens (tertiary/aromatic N) is 2.